The summed E-state index contributed by atoms with van der Waals surface area (Å²) in [5.41, 5.74) is 1.04. The zero-order valence-corrected chi connectivity index (χ0v) is 7.99. The molecule has 0 aliphatic rings. The van der Waals surface area contributed by atoms with Gasteiger partial charge in [-0.2, -0.15) is 5.10 Å². The Balaban J connectivity index is 2.79. The monoisotopic (exact) mass is 211 g/mol. The lowest BCUT2D eigenvalue weighted by Crippen LogP contribution is -1.99. The Morgan fingerprint density at radius 1 is 1.64 bits per heavy atom. The summed E-state index contributed by atoms with van der Waals surface area (Å²) in [6.07, 6.45) is 2.97. The van der Waals surface area contributed by atoms with E-state index in [-0.39, 0.29) is 5.69 Å². The van der Waals surface area contributed by atoms with Gasteiger partial charge in [-0.15, -0.1) is 0 Å². The second-order valence-electron chi connectivity index (χ2n) is 2.82. The number of carbonyl (C=O) groups is 1. The van der Waals surface area contributed by atoms with Crippen LogP contribution in [0.5, 0.6) is 0 Å². The van der Waals surface area contributed by atoms with E-state index in [1.54, 1.807) is 6.92 Å². The highest BCUT2D eigenvalue weighted by atomic mass is 35.5. The third kappa shape index (κ3) is 1.22. The van der Waals surface area contributed by atoms with E-state index in [1.807, 2.05) is 0 Å². The molecule has 0 aliphatic carbocycles. The lowest BCUT2D eigenvalue weighted by molar-refractivity contribution is 0.0689. The minimum Gasteiger partial charge on any atom is -0.476 e. The number of carboxylic acids is 1. The van der Waals surface area contributed by atoms with Crippen molar-refractivity contribution < 1.29 is 9.90 Å². The van der Waals surface area contributed by atoms with Crippen molar-refractivity contribution in [1.29, 1.82) is 0 Å². The van der Waals surface area contributed by atoms with E-state index in [0.717, 1.165) is 0 Å². The second kappa shape index (κ2) is 2.95. The van der Waals surface area contributed by atoms with Crippen LogP contribution in [-0.2, 0) is 0 Å². The minimum atomic E-state index is -1.07. The van der Waals surface area contributed by atoms with E-state index >= 15 is 0 Å². The van der Waals surface area contributed by atoms with Gasteiger partial charge in [-0.05, 0) is 6.92 Å². The second-order valence-corrected chi connectivity index (χ2v) is 3.26. The summed E-state index contributed by atoms with van der Waals surface area (Å²) in [6, 6.07) is 0. The fraction of sp³-hybridized carbons (Fsp3) is 0.125. The van der Waals surface area contributed by atoms with Gasteiger partial charge in [0.15, 0.2) is 11.3 Å². The van der Waals surface area contributed by atoms with E-state index < -0.39 is 5.97 Å². The van der Waals surface area contributed by atoms with Gasteiger partial charge in [0.25, 0.3) is 0 Å². The molecule has 0 fully saturated rings. The zero-order valence-electron chi connectivity index (χ0n) is 7.23. The van der Waals surface area contributed by atoms with E-state index in [1.165, 1.54) is 16.9 Å². The quantitative estimate of drug-likeness (QED) is 0.774. The molecule has 0 bridgehead atoms. The summed E-state index contributed by atoms with van der Waals surface area (Å²) in [4.78, 5) is 14.7. The van der Waals surface area contributed by atoms with Crippen LogP contribution in [0, 0.1) is 6.92 Å². The number of hydrogen-bond acceptors (Lipinski definition) is 3. The molecule has 0 radical (unpaired) electrons. The Kier molecular flexibility index (Phi) is 1.89. The highest BCUT2D eigenvalue weighted by Gasteiger charge is 2.15. The molecule has 14 heavy (non-hydrogen) atoms. The van der Waals surface area contributed by atoms with Gasteiger partial charge in [-0.25, -0.2) is 14.3 Å². The molecule has 0 saturated carbocycles. The maximum absolute atomic E-state index is 10.7. The third-order valence-corrected chi connectivity index (χ3v) is 2.07. The number of halogens is 1. The Labute approximate surface area is 83.9 Å². The van der Waals surface area contributed by atoms with Crippen molar-refractivity contribution in [3.63, 3.8) is 0 Å². The number of nitrogens with zero attached hydrogens (tertiary/aromatic N) is 3. The molecule has 2 aromatic rings. The predicted molar refractivity (Wildman–Crippen MR) is 49.7 cm³/mol. The van der Waals surface area contributed by atoms with Crippen LogP contribution in [-0.4, -0.2) is 25.7 Å². The van der Waals surface area contributed by atoms with Crippen LogP contribution >= 0.6 is 11.6 Å². The third-order valence-electron chi connectivity index (χ3n) is 1.87. The molecule has 0 spiro atoms. The van der Waals surface area contributed by atoms with Crippen molar-refractivity contribution in [3.05, 3.63) is 28.7 Å². The van der Waals surface area contributed by atoms with Crippen molar-refractivity contribution in [2.75, 3.05) is 0 Å². The number of aromatic carboxylic acids is 1. The standard InChI is InChI=1S/C8H6ClN3O2/c1-4-6(8(13)14)11-12-3-5(9)2-10-7(4)12/h2-3H,1H3,(H,13,14). The smallest absolute Gasteiger partial charge is 0.356 e. The first-order valence-corrected chi connectivity index (χ1v) is 4.21. The van der Waals surface area contributed by atoms with Gasteiger partial charge in [0.05, 0.1) is 11.2 Å². The van der Waals surface area contributed by atoms with Crippen LogP contribution < -0.4 is 0 Å². The molecular formula is C8H6ClN3O2. The maximum atomic E-state index is 10.7. The van der Waals surface area contributed by atoms with Gasteiger partial charge in [-0.1, -0.05) is 11.6 Å². The fourth-order valence-corrected chi connectivity index (χ4v) is 1.37. The van der Waals surface area contributed by atoms with Gasteiger partial charge in [-0.3, -0.25) is 0 Å². The summed E-state index contributed by atoms with van der Waals surface area (Å²) in [5, 5.41) is 13.1. The topological polar surface area (TPSA) is 67.5 Å². The number of carboxylic acid groups (broad SMARTS) is 1. The predicted octanol–water partition coefficient (Wildman–Crippen LogP) is 1.39. The van der Waals surface area contributed by atoms with Crippen molar-refractivity contribution in [2.45, 2.75) is 6.92 Å². The largest absolute Gasteiger partial charge is 0.476 e. The molecule has 72 valence electrons. The van der Waals surface area contributed by atoms with Crippen LogP contribution in [0.15, 0.2) is 12.4 Å². The first-order valence-electron chi connectivity index (χ1n) is 3.83. The van der Waals surface area contributed by atoms with E-state index in [0.29, 0.717) is 16.2 Å². The van der Waals surface area contributed by atoms with Crippen LogP contribution in [0.2, 0.25) is 5.02 Å². The molecule has 0 saturated heterocycles. The molecule has 2 rings (SSSR count). The first-order chi connectivity index (χ1) is 6.59. The molecule has 1 N–H and O–H groups in total. The lowest BCUT2D eigenvalue weighted by Gasteiger charge is -1.92. The van der Waals surface area contributed by atoms with E-state index in [9.17, 15) is 4.79 Å². The normalized spacial score (nSPS) is 10.7. The molecule has 2 aromatic heterocycles. The molecular weight excluding hydrogens is 206 g/mol. The van der Waals surface area contributed by atoms with Crippen molar-refractivity contribution >= 4 is 23.2 Å². The average molecular weight is 212 g/mol. The summed E-state index contributed by atoms with van der Waals surface area (Å²) < 4.78 is 1.36. The molecule has 6 heteroatoms. The summed E-state index contributed by atoms with van der Waals surface area (Å²) in [5.74, 6) is -1.07. The summed E-state index contributed by atoms with van der Waals surface area (Å²) in [6.45, 7) is 1.66. The average Bonchev–Trinajstić information content (AvgIpc) is 2.43. The lowest BCUT2D eigenvalue weighted by atomic mass is 10.3. The maximum Gasteiger partial charge on any atom is 0.356 e. The van der Waals surface area contributed by atoms with Gasteiger partial charge in [0.2, 0.25) is 0 Å². The first kappa shape index (κ1) is 8.96. The SMILES string of the molecule is Cc1c(C(=O)O)nn2cc(Cl)cnc12. The van der Waals surface area contributed by atoms with Crippen molar-refractivity contribution in [1.82, 2.24) is 14.6 Å². The number of aryl methyl sites for hydroxylation is 1. The molecule has 0 aliphatic heterocycles. The molecule has 2 heterocycles. The Bertz CT molecular complexity index is 521. The number of fused-ring (bicyclic) bond motifs is 1. The zero-order chi connectivity index (χ0) is 10.3. The highest BCUT2D eigenvalue weighted by molar-refractivity contribution is 6.30. The van der Waals surface area contributed by atoms with Gasteiger partial charge >= 0.3 is 5.97 Å². The fourth-order valence-electron chi connectivity index (χ4n) is 1.23. The Hall–Kier alpha value is -1.62. The van der Waals surface area contributed by atoms with Crippen LogP contribution in [0.1, 0.15) is 16.1 Å². The van der Waals surface area contributed by atoms with Gasteiger partial charge in [0, 0.05) is 11.8 Å². The van der Waals surface area contributed by atoms with Crippen LogP contribution in [0.3, 0.4) is 0 Å². The molecule has 5 nitrogen and oxygen atoms in total. The van der Waals surface area contributed by atoms with E-state index in [2.05, 4.69) is 10.1 Å². The van der Waals surface area contributed by atoms with Crippen molar-refractivity contribution in [3.8, 4) is 0 Å². The van der Waals surface area contributed by atoms with Crippen LogP contribution in [0.25, 0.3) is 5.65 Å². The van der Waals surface area contributed by atoms with Crippen LogP contribution in [0.4, 0.5) is 0 Å². The molecule has 0 atom stereocenters. The molecule has 0 amide bonds. The molecule has 0 unspecified atom stereocenters. The van der Waals surface area contributed by atoms with Gasteiger partial charge < -0.3 is 5.11 Å². The van der Waals surface area contributed by atoms with Crippen molar-refractivity contribution in [2.24, 2.45) is 0 Å². The number of aromatic nitrogens is 3. The van der Waals surface area contributed by atoms with E-state index in [4.69, 9.17) is 16.7 Å². The highest BCUT2D eigenvalue weighted by Crippen LogP contribution is 2.14. The Morgan fingerprint density at radius 2 is 2.36 bits per heavy atom. The summed E-state index contributed by atoms with van der Waals surface area (Å²) >= 11 is 5.69. The summed E-state index contributed by atoms with van der Waals surface area (Å²) in [7, 11) is 0. The number of rotatable bonds is 1. The van der Waals surface area contributed by atoms with Gasteiger partial charge in [0.1, 0.15) is 0 Å². The number of hydrogen-bond donors (Lipinski definition) is 1. The minimum absolute atomic E-state index is 0.000216. The molecule has 0 aromatic carbocycles. The Morgan fingerprint density at radius 3 is 3.00 bits per heavy atom.